The molecule has 10 N–H and O–H groups in total. The Morgan fingerprint density at radius 3 is 0.933 bits per heavy atom. The second-order valence-electron chi connectivity index (χ2n) is 0.435. The molecule has 0 fully saturated rings. The quantitative estimate of drug-likeness (QED) is 0.384. The minimum atomic E-state index is -1.25. The van der Waals surface area contributed by atoms with Gasteiger partial charge in [0.05, 0.1) is 0 Å². The standard InChI is InChI=1S/2CNS.Co.H2NO3.4H2N/c2*2-1-3;;2-1(3)4;;;;/h;;;(H2,2,3,4);4*1H2/q2*-1;+3;+1;4*-1. The average Bonchev–Trinajstić information content (AvgIpc) is 1.65. The van der Waals surface area contributed by atoms with Gasteiger partial charge in [-0.3, -0.25) is 0 Å². The van der Waals surface area contributed by atoms with Crippen LogP contribution in [0.5, 0.6) is 0 Å². The molecule has 0 spiro atoms. The molecule has 0 saturated carbocycles. The van der Waals surface area contributed by atoms with Gasteiger partial charge < -0.3 is 35.4 Å². The Kier molecular flexibility index (Phi) is 487. The Labute approximate surface area is 107 Å². The van der Waals surface area contributed by atoms with Crippen molar-refractivity contribution in [3.05, 3.63) is 40.3 Å². The van der Waals surface area contributed by atoms with Crippen molar-refractivity contribution in [2.24, 2.45) is 0 Å². The zero-order valence-corrected chi connectivity index (χ0v) is 9.78. The van der Waals surface area contributed by atoms with Crippen LogP contribution in [0.1, 0.15) is 0 Å². The molecule has 0 amide bonds. The SMILES string of the molecule is O=[N+](O)O.[Co+3].[N-]=C=S.[N-]=C=S.[NH2-].[NH2-].[NH2-].[NH2-]. The molecule has 0 saturated heterocycles. The van der Waals surface area contributed by atoms with Gasteiger partial charge in [-0.15, -0.1) is 0 Å². The van der Waals surface area contributed by atoms with Crippen molar-refractivity contribution < 1.29 is 32.3 Å². The summed E-state index contributed by atoms with van der Waals surface area (Å²) < 4.78 is 0. The summed E-state index contributed by atoms with van der Waals surface area (Å²) in [6, 6.07) is 0. The maximum absolute atomic E-state index is 8.47. The zero-order valence-electron chi connectivity index (χ0n) is 7.10. The first-order valence-corrected chi connectivity index (χ1v) is 2.25. The number of isothiocyanates is 2. The minimum absolute atomic E-state index is 0. The van der Waals surface area contributed by atoms with Crippen molar-refractivity contribution in [1.82, 2.24) is 0 Å². The van der Waals surface area contributed by atoms with Crippen molar-refractivity contribution in [1.29, 1.82) is 0 Å². The predicted octanol–water partition coefficient (Wildman–Crippen LogP) is 3.73. The summed E-state index contributed by atoms with van der Waals surface area (Å²) >= 11 is 7.40. The van der Waals surface area contributed by atoms with Gasteiger partial charge in [0.25, 0.3) is 0 Å². The fraction of sp³-hybridized carbons (Fsp3) is 0. The van der Waals surface area contributed by atoms with E-state index in [0.29, 0.717) is 0 Å². The van der Waals surface area contributed by atoms with Crippen LogP contribution in [-0.4, -0.2) is 25.8 Å². The van der Waals surface area contributed by atoms with Crippen LogP contribution in [0.3, 0.4) is 0 Å². The third kappa shape index (κ3) is 2240. The second kappa shape index (κ2) is 113. The van der Waals surface area contributed by atoms with Gasteiger partial charge >= 0.3 is 21.9 Å². The number of nitrogens with zero attached hydrogens (tertiary/aromatic N) is 3. The molecule has 0 heterocycles. The Morgan fingerprint density at radius 2 is 0.933 bits per heavy atom. The second-order valence-corrected chi connectivity index (χ2v) is 0.800. The van der Waals surface area contributed by atoms with E-state index in [4.69, 9.17) is 26.1 Å². The van der Waals surface area contributed by atoms with Gasteiger partial charge in [0.2, 0.25) is 0 Å². The van der Waals surface area contributed by atoms with Crippen LogP contribution in [0.25, 0.3) is 35.4 Å². The van der Waals surface area contributed by atoms with Crippen LogP contribution in [-0.2, 0) is 16.8 Å². The van der Waals surface area contributed by atoms with Crippen molar-refractivity contribution in [3.63, 3.8) is 0 Å². The first-order chi connectivity index (χ1) is 4.56. The fourth-order valence-corrected chi connectivity index (χ4v) is 0. The van der Waals surface area contributed by atoms with Crippen molar-refractivity contribution in [3.8, 4) is 0 Å². The summed E-state index contributed by atoms with van der Waals surface area (Å²) in [4.78, 5) is 8.47. The van der Waals surface area contributed by atoms with E-state index >= 15 is 0 Å². The van der Waals surface area contributed by atoms with Gasteiger partial charge in [0, 0.05) is 0 Å². The third-order valence-corrected chi connectivity index (χ3v) is 0. The number of hydrogen-bond acceptors (Lipinski definition) is 3. The molecular formula is C2H10CoN7O3S2-2. The van der Waals surface area contributed by atoms with Crippen LogP contribution < -0.4 is 0 Å². The molecule has 0 radical (unpaired) electrons. The van der Waals surface area contributed by atoms with E-state index in [9.17, 15) is 0 Å². The zero-order chi connectivity index (χ0) is 8.99. The molecule has 0 aliphatic rings. The molecule has 94 valence electrons. The number of thiocarbonyl (C=S) groups is 2. The fourth-order valence-electron chi connectivity index (χ4n) is 0. The number of hydrogen-bond donors (Lipinski definition) is 2. The molecule has 0 aliphatic carbocycles. The van der Waals surface area contributed by atoms with Crippen molar-refractivity contribution >= 4 is 34.8 Å². The molecule has 0 aromatic rings. The maximum atomic E-state index is 8.47. The molecule has 0 bridgehead atoms. The molecule has 0 aromatic carbocycles. The Bertz CT molecular complexity index is 140. The monoisotopic (exact) mass is 303 g/mol. The van der Waals surface area contributed by atoms with Crippen molar-refractivity contribution in [2.75, 3.05) is 0 Å². The van der Waals surface area contributed by atoms with E-state index in [0.717, 1.165) is 0 Å². The van der Waals surface area contributed by atoms with Gasteiger partial charge in [0.15, 0.2) is 0 Å². The smallest absolute Gasteiger partial charge is 0.753 e. The Balaban J connectivity index is -0.00000000707. The van der Waals surface area contributed by atoms with E-state index in [1.165, 1.54) is 10.3 Å². The summed E-state index contributed by atoms with van der Waals surface area (Å²) in [6.07, 6.45) is 0. The Morgan fingerprint density at radius 1 is 0.933 bits per heavy atom. The normalized spacial score (nSPS) is 2.67. The minimum Gasteiger partial charge on any atom is -0.753 e. The number of nitrogens with two attached hydrogens (primary N) is 4. The molecule has 15 heavy (non-hydrogen) atoms. The van der Waals surface area contributed by atoms with Gasteiger partial charge in [-0.05, 0) is 0 Å². The molecule has 0 aliphatic heterocycles. The summed E-state index contributed by atoms with van der Waals surface area (Å²) in [5.41, 5.74) is 0. The van der Waals surface area contributed by atoms with E-state index < -0.39 is 5.09 Å². The van der Waals surface area contributed by atoms with Crippen LogP contribution in [0.15, 0.2) is 0 Å². The third-order valence-electron chi connectivity index (χ3n) is 0. The summed E-state index contributed by atoms with van der Waals surface area (Å²) in [7, 11) is 0. The topological polar surface area (TPSA) is 239 Å². The largest absolute Gasteiger partial charge is 3.00 e. The molecule has 0 atom stereocenters. The summed E-state index contributed by atoms with van der Waals surface area (Å²) in [6.45, 7) is 0. The van der Waals surface area contributed by atoms with E-state index in [-0.39, 0.29) is 41.4 Å². The van der Waals surface area contributed by atoms with Gasteiger partial charge in [0.1, 0.15) is 4.91 Å². The first kappa shape index (κ1) is 64.7. The van der Waals surface area contributed by atoms with Crippen LogP contribution in [0, 0.1) is 4.91 Å². The van der Waals surface area contributed by atoms with Gasteiger partial charge in [-0.1, -0.05) is 24.4 Å². The van der Waals surface area contributed by atoms with E-state index in [1.807, 2.05) is 0 Å². The predicted molar refractivity (Wildman–Crippen MR) is 60.3 cm³/mol. The molecule has 13 heteroatoms. The molecular weight excluding hydrogens is 293 g/mol. The van der Waals surface area contributed by atoms with Crippen LogP contribution in [0.2, 0.25) is 0 Å². The first-order valence-electron chi connectivity index (χ1n) is 1.44. The van der Waals surface area contributed by atoms with E-state index in [1.54, 1.807) is 0 Å². The van der Waals surface area contributed by atoms with Crippen LogP contribution in [0.4, 0.5) is 0 Å². The van der Waals surface area contributed by atoms with Gasteiger partial charge in [-0.25, -0.2) is 10.4 Å². The van der Waals surface area contributed by atoms with Gasteiger partial charge in [-0.2, -0.15) is 10.3 Å². The molecule has 0 aromatic heterocycles. The summed E-state index contributed by atoms with van der Waals surface area (Å²) in [5, 5.41) is 29.5. The average molecular weight is 303 g/mol. The molecule has 0 rings (SSSR count). The summed E-state index contributed by atoms with van der Waals surface area (Å²) in [5.74, 6) is 0. The van der Waals surface area contributed by atoms with Crippen molar-refractivity contribution in [2.45, 2.75) is 0 Å². The van der Waals surface area contributed by atoms with Crippen LogP contribution >= 0.6 is 24.4 Å². The van der Waals surface area contributed by atoms with E-state index in [2.05, 4.69) is 24.4 Å². The maximum Gasteiger partial charge on any atom is 3.00 e. The number of rotatable bonds is 0. The molecule has 0 unspecified atom stereocenters. The Hall–Kier alpha value is -0.854. The molecule has 10 nitrogen and oxygen atoms in total.